The van der Waals surface area contributed by atoms with Gasteiger partial charge in [-0.05, 0) is 39.0 Å². The van der Waals surface area contributed by atoms with Gasteiger partial charge in [-0.1, -0.05) is 6.58 Å². The van der Waals surface area contributed by atoms with Gasteiger partial charge < -0.3 is 9.64 Å². The molecule has 0 fully saturated rings. The molecule has 0 aromatic carbocycles. The Bertz CT molecular complexity index is 459. The number of rotatable bonds is 3. The van der Waals surface area contributed by atoms with Crippen LogP contribution in [0.1, 0.15) is 36.8 Å². The summed E-state index contributed by atoms with van der Waals surface area (Å²) in [6.45, 7) is 9.20. The first-order valence-corrected chi connectivity index (χ1v) is 5.78. The standard InChI is InChI=1S/C14H20N2O2/c1-7-11-8-10(9-12(15-11)16(5)6)13(17)18-14(2,3)4/h7-9H,1H2,2-6H3. The molecule has 1 aromatic heterocycles. The molecule has 0 saturated carbocycles. The van der Waals surface area contributed by atoms with Gasteiger partial charge >= 0.3 is 5.97 Å². The number of carbonyl (C=O) groups excluding carboxylic acids is 1. The maximum atomic E-state index is 12.0. The number of hydrogen-bond acceptors (Lipinski definition) is 4. The van der Waals surface area contributed by atoms with Gasteiger partial charge in [0.15, 0.2) is 0 Å². The first-order valence-electron chi connectivity index (χ1n) is 5.78. The van der Waals surface area contributed by atoms with E-state index >= 15 is 0 Å². The van der Waals surface area contributed by atoms with Gasteiger partial charge in [-0.2, -0.15) is 0 Å². The molecule has 0 N–H and O–H groups in total. The summed E-state index contributed by atoms with van der Waals surface area (Å²) in [6, 6.07) is 3.38. The van der Waals surface area contributed by atoms with E-state index in [-0.39, 0.29) is 5.97 Å². The molecule has 0 radical (unpaired) electrons. The Labute approximate surface area is 108 Å². The molecular formula is C14H20N2O2. The highest BCUT2D eigenvalue weighted by atomic mass is 16.6. The lowest BCUT2D eigenvalue weighted by molar-refractivity contribution is 0.00694. The van der Waals surface area contributed by atoms with Crippen LogP contribution >= 0.6 is 0 Å². The van der Waals surface area contributed by atoms with Crippen molar-refractivity contribution < 1.29 is 9.53 Å². The van der Waals surface area contributed by atoms with E-state index in [9.17, 15) is 4.79 Å². The van der Waals surface area contributed by atoms with E-state index in [1.54, 1.807) is 18.2 Å². The van der Waals surface area contributed by atoms with E-state index < -0.39 is 5.60 Å². The third kappa shape index (κ3) is 3.87. The Hall–Kier alpha value is -1.84. The maximum Gasteiger partial charge on any atom is 0.338 e. The van der Waals surface area contributed by atoms with Gasteiger partial charge in [0.1, 0.15) is 11.4 Å². The lowest BCUT2D eigenvalue weighted by Gasteiger charge is -2.20. The lowest BCUT2D eigenvalue weighted by atomic mass is 10.1. The smallest absolute Gasteiger partial charge is 0.338 e. The Kier molecular flexibility index (Phi) is 4.11. The minimum atomic E-state index is -0.507. The highest BCUT2D eigenvalue weighted by molar-refractivity contribution is 5.91. The number of carbonyl (C=O) groups is 1. The molecule has 0 atom stereocenters. The van der Waals surface area contributed by atoms with Crippen LogP contribution in [0.2, 0.25) is 0 Å². The van der Waals surface area contributed by atoms with Crippen LogP contribution in [0.3, 0.4) is 0 Å². The van der Waals surface area contributed by atoms with Crippen LogP contribution < -0.4 is 4.90 Å². The Morgan fingerprint density at radius 2 is 2.00 bits per heavy atom. The van der Waals surface area contributed by atoms with Crippen molar-refractivity contribution in [2.45, 2.75) is 26.4 Å². The van der Waals surface area contributed by atoms with Crippen molar-refractivity contribution >= 4 is 17.9 Å². The molecule has 0 spiro atoms. The van der Waals surface area contributed by atoms with Gasteiger partial charge in [0.05, 0.1) is 11.3 Å². The zero-order valence-corrected chi connectivity index (χ0v) is 11.7. The summed E-state index contributed by atoms with van der Waals surface area (Å²) >= 11 is 0. The summed E-state index contributed by atoms with van der Waals surface area (Å²) in [5, 5.41) is 0. The van der Waals surface area contributed by atoms with E-state index in [2.05, 4.69) is 11.6 Å². The van der Waals surface area contributed by atoms with Gasteiger partial charge in [-0.25, -0.2) is 9.78 Å². The van der Waals surface area contributed by atoms with Crippen LogP contribution in [0, 0.1) is 0 Å². The fraction of sp³-hybridized carbons (Fsp3) is 0.429. The molecular weight excluding hydrogens is 228 g/mol. The Morgan fingerprint density at radius 3 is 2.44 bits per heavy atom. The van der Waals surface area contributed by atoms with Gasteiger partial charge in [0.25, 0.3) is 0 Å². The topological polar surface area (TPSA) is 42.4 Å². The molecule has 0 bridgehead atoms. The molecule has 98 valence electrons. The number of aromatic nitrogens is 1. The summed E-state index contributed by atoms with van der Waals surface area (Å²) in [5.74, 6) is 0.351. The monoisotopic (exact) mass is 248 g/mol. The van der Waals surface area contributed by atoms with Crippen LogP contribution in [-0.4, -0.2) is 30.6 Å². The fourth-order valence-electron chi connectivity index (χ4n) is 1.33. The third-order valence-corrected chi connectivity index (χ3v) is 2.13. The second-order valence-electron chi connectivity index (χ2n) is 5.24. The predicted octanol–water partition coefficient (Wildman–Crippen LogP) is 2.75. The zero-order valence-electron chi connectivity index (χ0n) is 11.7. The van der Waals surface area contributed by atoms with Gasteiger partial charge in [0, 0.05) is 14.1 Å². The largest absolute Gasteiger partial charge is 0.456 e. The number of ether oxygens (including phenoxy) is 1. The van der Waals surface area contributed by atoms with E-state index in [4.69, 9.17) is 4.74 Å². The third-order valence-electron chi connectivity index (χ3n) is 2.13. The second kappa shape index (κ2) is 5.21. The minimum Gasteiger partial charge on any atom is -0.456 e. The van der Waals surface area contributed by atoms with E-state index in [0.29, 0.717) is 17.1 Å². The van der Waals surface area contributed by atoms with Gasteiger partial charge in [-0.15, -0.1) is 0 Å². The molecule has 1 heterocycles. The second-order valence-corrected chi connectivity index (χ2v) is 5.24. The molecule has 18 heavy (non-hydrogen) atoms. The first kappa shape index (κ1) is 14.2. The fourth-order valence-corrected chi connectivity index (χ4v) is 1.33. The quantitative estimate of drug-likeness (QED) is 0.771. The Morgan fingerprint density at radius 1 is 1.39 bits per heavy atom. The summed E-state index contributed by atoms with van der Waals surface area (Å²) < 4.78 is 5.34. The molecule has 0 aliphatic carbocycles. The van der Waals surface area contributed by atoms with Crippen molar-refractivity contribution in [3.05, 3.63) is 30.0 Å². The van der Waals surface area contributed by atoms with Crippen molar-refractivity contribution in [3.8, 4) is 0 Å². The van der Waals surface area contributed by atoms with Crippen molar-refractivity contribution in [2.75, 3.05) is 19.0 Å². The number of anilines is 1. The van der Waals surface area contributed by atoms with E-state index in [1.165, 1.54) is 0 Å². The van der Waals surface area contributed by atoms with Crippen LogP contribution in [0.4, 0.5) is 5.82 Å². The lowest BCUT2D eigenvalue weighted by Crippen LogP contribution is -2.24. The predicted molar refractivity (Wildman–Crippen MR) is 73.8 cm³/mol. The van der Waals surface area contributed by atoms with Crippen molar-refractivity contribution in [1.82, 2.24) is 4.98 Å². The highest BCUT2D eigenvalue weighted by Gasteiger charge is 2.19. The molecule has 0 aliphatic heterocycles. The highest BCUT2D eigenvalue weighted by Crippen LogP contribution is 2.17. The SMILES string of the molecule is C=Cc1cc(C(=O)OC(C)(C)C)cc(N(C)C)n1. The first-order chi connectivity index (χ1) is 8.23. The average Bonchev–Trinajstić information content (AvgIpc) is 2.26. The maximum absolute atomic E-state index is 12.0. The van der Waals surface area contributed by atoms with Crippen LogP contribution in [-0.2, 0) is 4.74 Å². The molecule has 1 aromatic rings. The Balaban J connectivity index is 3.12. The number of hydrogen-bond donors (Lipinski definition) is 0. The summed E-state index contributed by atoms with van der Waals surface area (Å²) in [6.07, 6.45) is 1.61. The molecule has 0 amide bonds. The molecule has 1 rings (SSSR count). The summed E-state index contributed by atoms with van der Waals surface area (Å²) in [5.41, 5.74) is 0.632. The minimum absolute atomic E-state index is 0.351. The summed E-state index contributed by atoms with van der Waals surface area (Å²) in [4.78, 5) is 18.2. The normalized spacial score (nSPS) is 10.9. The molecule has 4 heteroatoms. The van der Waals surface area contributed by atoms with Crippen LogP contribution in [0.25, 0.3) is 6.08 Å². The van der Waals surface area contributed by atoms with Crippen molar-refractivity contribution in [3.63, 3.8) is 0 Å². The van der Waals surface area contributed by atoms with Crippen LogP contribution in [0.15, 0.2) is 18.7 Å². The van der Waals surface area contributed by atoms with Gasteiger partial charge in [0.2, 0.25) is 0 Å². The molecule has 4 nitrogen and oxygen atoms in total. The van der Waals surface area contributed by atoms with Crippen LogP contribution in [0.5, 0.6) is 0 Å². The molecule has 0 aliphatic rings. The van der Waals surface area contributed by atoms with E-state index in [1.807, 2.05) is 39.8 Å². The zero-order chi connectivity index (χ0) is 13.9. The number of esters is 1. The number of nitrogens with zero attached hydrogens (tertiary/aromatic N) is 2. The van der Waals surface area contributed by atoms with Gasteiger partial charge in [-0.3, -0.25) is 0 Å². The number of pyridine rings is 1. The molecule has 0 unspecified atom stereocenters. The average molecular weight is 248 g/mol. The van der Waals surface area contributed by atoms with Crippen molar-refractivity contribution in [2.24, 2.45) is 0 Å². The molecule has 0 saturated heterocycles. The van der Waals surface area contributed by atoms with E-state index in [0.717, 1.165) is 0 Å². The van der Waals surface area contributed by atoms with Crippen molar-refractivity contribution in [1.29, 1.82) is 0 Å². The summed E-state index contributed by atoms with van der Waals surface area (Å²) in [7, 11) is 3.74.